The molecular formula is C19H21FN6O2. The van der Waals surface area contributed by atoms with Gasteiger partial charge in [0.15, 0.2) is 11.2 Å². The Morgan fingerprint density at radius 1 is 1.21 bits per heavy atom. The van der Waals surface area contributed by atoms with Gasteiger partial charge in [0.25, 0.3) is 5.56 Å². The largest absolute Gasteiger partial charge is 0.332 e. The first-order valence-corrected chi connectivity index (χ1v) is 9.17. The number of benzene rings is 1. The van der Waals surface area contributed by atoms with Gasteiger partial charge in [0.2, 0.25) is 5.95 Å². The maximum atomic E-state index is 14.1. The minimum atomic E-state index is -0.532. The molecule has 2 aromatic heterocycles. The fourth-order valence-electron chi connectivity index (χ4n) is 3.52. The summed E-state index contributed by atoms with van der Waals surface area (Å²) in [5, 5.41) is 6.27. The van der Waals surface area contributed by atoms with Gasteiger partial charge in [-0.15, -0.1) is 0 Å². The van der Waals surface area contributed by atoms with Gasteiger partial charge in [-0.05, 0) is 19.4 Å². The van der Waals surface area contributed by atoms with Crippen molar-refractivity contribution in [2.24, 2.45) is 12.1 Å². The van der Waals surface area contributed by atoms with Crippen LogP contribution in [0.5, 0.6) is 0 Å². The quantitative estimate of drug-likeness (QED) is 0.686. The molecule has 3 heterocycles. The predicted molar refractivity (Wildman–Crippen MR) is 105 cm³/mol. The molecule has 9 heteroatoms. The summed E-state index contributed by atoms with van der Waals surface area (Å²) in [7, 11) is 1.57. The van der Waals surface area contributed by atoms with Crippen LogP contribution in [0, 0.1) is 5.82 Å². The zero-order valence-corrected chi connectivity index (χ0v) is 16.0. The molecule has 28 heavy (non-hydrogen) atoms. The zero-order valence-electron chi connectivity index (χ0n) is 16.0. The second-order valence-corrected chi connectivity index (χ2v) is 6.95. The van der Waals surface area contributed by atoms with Gasteiger partial charge >= 0.3 is 5.69 Å². The smallest absolute Gasteiger partial charge is 0.297 e. The molecular weight excluding hydrogens is 363 g/mol. The molecule has 0 aliphatic carbocycles. The molecule has 0 saturated carbocycles. The van der Waals surface area contributed by atoms with Crippen LogP contribution in [-0.2, 0) is 20.1 Å². The maximum absolute atomic E-state index is 14.1. The summed E-state index contributed by atoms with van der Waals surface area (Å²) in [6.45, 7) is 4.85. The second kappa shape index (κ2) is 6.74. The predicted octanol–water partition coefficient (Wildman–Crippen LogP) is 1.69. The number of halogens is 1. The number of fused-ring (bicyclic) bond motifs is 3. The van der Waals surface area contributed by atoms with Crippen LogP contribution in [0.2, 0.25) is 0 Å². The van der Waals surface area contributed by atoms with Gasteiger partial charge in [-0.3, -0.25) is 18.5 Å². The summed E-state index contributed by atoms with van der Waals surface area (Å²) in [5.41, 5.74) is 0.741. The average molecular weight is 384 g/mol. The van der Waals surface area contributed by atoms with Gasteiger partial charge in [0.05, 0.1) is 18.8 Å². The Hall–Kier alpha value is -3.23. The normalized spacial score (nSPS) is 13.7. The Morgan fingerprint density at radius 3 is 2.68 bits per heavy atom. The molecule has 0 radical (unpaired) electrons. The highest BCUT2D eigenvalue weighted by atomic mass is 19.1. The highest BCUT2D eigenvalue weighted by Crippen LogP contribution is 2.23. The van der Waals surface area contributed by atoms with E-state index in [0.717, 1.165) is 16.7 Å². The van der Waals surface area contributed by atoms with Gasteiger partial charge in [-0.1, -0.05) is 25.1 Å². The van der Waals surface area contributed by atoms with E-state index in [0.29, 0.717) is 30.2 Å². The molecule has 146 valence electrons. The number of imidazole rings is 1. The summed E-state index contributed by atoms with van der Waals surface area (Å²) >= 11 is 0. The number of hydrogen-bond acceptors (Lipinski definition) is 5. The first kappa shape index (κ1) is 18.1. The molecule has 0 spiro atoms. The van der Waals surface area contributed by atoms with E-state index in [1.54, 1.807) is 34.8 Å². The first-order valence-electron chi connectivity index (χ1n) is 9.17. The van der Waals surface area contributed by atoms with E-state index in [-0.39, 0.29) is 12.1 Å². The van der Waals surface area contributed by atoms with E-state index in [4.69, 9.17) is 0 Å². The molecule has 0 unspecified atom stereocenters. The third-order valence-corrected chi connectivity index (χ3v) is 4.84. The second-order valence-electron chi connectivity index (χ2n) is 6.95. The third kappa shape index (κ3) is 2.74. The van der Waals surface area contributed by atoms with E-state index in [1.165, 1.54) is 10.6 Å². The van der Waals surface area contributed by atoms with Crippen LogP contribution in [0.25, 0.3) is 11.2 Å². The van der Waals surface area contributed by atoms with Crippen LogP contribution in [0.3, 0.4) is 0 Å². The molecule has 0 atom stereocenters. The lowest BCUT2D eigenvalue weighted by Gasteiger charge is -2.24. The van der Waals surface area contributed by atoms with E-state index >= 15 is 0 Å². The van der Waals surface area contributed by atoms with Crippen LogP contribution in [0.1, 0.15) is 25.8 Å². The van der Waals surface area contributed by atoms with Crippen molar-refractivity contribution in [1.82, 2.24) is 18.7 Å². The van der Waals surface area contributed by atoms with Crippen molar-refractivity contribution in [3.8, 4) is 0 Å². The van der Waals surface area contributed by atoms with Crippen molar-refractivity contribution >= 4 is 22.8 Å². The molecule has 1 aromatic carbocycles. The summed E-state index contributed by atoms with van der Waals surface area (Å²) in [5.74, 6) is 0.0853. The Labute approximate surface area is 160 Å². The van der Waals surface area contributed by atoms with Crippen molar-refractivity contribution in [3.63, 3.8) is 0 Å². The zero-order chi connectivity index (χ0) is 20.0. The van der Waals surface area contributed by atoms with Crippen molar-refractivity contribution in [2.45, 2.75) is 33.4 Å². The molecule has 8 nitrogen and oxygen atoms in total. The lowest BCUT2D eigenvalue weighted by atomic mass is 10.2. The molecule has 0 bridgehead atoms. The average Bonchev–Trinajstić information content (AvgIpc) is 3.05. The van der Waals surface area contributed by atoms with Crippen molar-refractivity contribution in [3.05, 3.63) is 56.5 Å². The standard InChI is InChI=1S/C19H21FN6O2/c1-4-9-26-18-21-16-15(24(18)10-12(2)22-26)17(27)25(19(28)23(16)3)11-13-7-5-6-8-14(13)20/h5-8H,4,9-11H2,1-3H3. The molecule has 0 N–H and O–H groups in total. The van der Waals surface area contributed by atoms with Gasteiger partial charge in [0.1, 0.15) is 5.82 Å². The number of nitrogens with zero attached hydrogens (tertiary/aromatic N) is 6. The lowest BCUT2D eigenvalue weighted by Crippen LogP contribution is -2.40. The monoisotopic (exact) mass is 384 g/mol. The Balaban J connectivity index is 1.96. The number of rotatable bonds is 4. The molecule has 1 aliphatic heterocycles. The van der Waals surface area contributed by atoms with E-state index in [2.05, 4.69) is 10.1 Å². The van der Waals surface area contributed by atoms with Crippen molar-refractivity contribution in [2.75, 3.05) is 11.6 Å². The minimum Gasteiger partial charge on any atom is -0.297 e. The maximum Gasteiger partial charge on any atom is 0.332 e. The molecule has 3 aromatic rings. The molecule has 0 amide bonds. The first-order chi connectivity index (χ1) is 13.4. The van der Waals surface area contributed by atoms with Crippen molar-refractivity contribution < 1.29 is 4.39 Å². The van der Waals surface area contributed by atoms with Crippen LogP contribution in [-0.4, -0.2) is 30.9 Å². The topological polar surface area (TPSA) is 77.4 Å². The summed E-state index contributed by atoms with van der Waals surface area (Å²) in [6, 6.07) is 6.12. The summed E-state index contributed by atoms with van der Waals surface area (Å²) < 4.78 is 18.3. The minimum absolute atomic E-state index is 0.139. The van der Waals surface area contributed by atoms with Gasteiger partial charge in [-0.2, -0.15) is 10.1 Å². The van der Waals surface area contributed by atoms with E-state index < -0.39 is 17.1 Å². The number of aromatic nitrogens is 4. The van der Waals surface area contributed by atoms with E-state index in [1.807, 2.05) is 13.8 Å². The molecule has 0 fully saturated rings. The highest BCUT2D eigenvalue weighted by molar-refractivity contribution is 5.87. The van der Waals surface area contributed by atoms with Crippen LogP contribution in [0.15, 0.2) is 39.0 Å². The fourth-order valence-corrected chi connectivity index (χ4v) is 3.52. The Kier molecular flexibility index (Phi) is 4.37. The van der Waals surface area contributed by atoms with E-state index in [9.17, 15) is 14.0 Å². The SMILES string of the molecule is CCCN1N=C(C)Cn2c1nc1c2c(=O)n(Cc2ccccc2F)c(=O)n1C. The van der Waals surface area contributed by atoms with Crippen LogP contribution in [0.4, 0.5) is 10.3 Å². The van der Waals surface area contributed by atoms with Gasteiger partial charge in [-0.25, -0.2) is 14.2 Å². The van der Waals surface area contributed by atoms with Gasteiger partial charge < -0.3 is 0 Å². The third-order valence-electron chi connectivity index (χ3n) is 4.84. The molecule has 1 aliphatic rings. The Bertz CT molecular complexity index is 1220. The summed E-state index contributed by atoms with van der Waals surface area (Å²) in [6.07, 6.45) is 0.858. The number of hydrazone groups is 1. The van der Waals surface area contributed by atoms with Crippen LogP contribution >= 0.6 is 0 Å². The number of aryl methyl sites for hydroxylation is 1. The van der Waals surface area contributed by atoms with Crippen molar-refractivity contribution in [1.29, 1.82) is 0 Å². The number of anilines is 1. The lowest BCUT2D eigenvalue weighted by molar-refractivity contribution is 0.582. The number of hydrogen-bond donors (Lipinski definition) is 0. The molecule has 0 saturated heterocycles. The molecule has 4 rings (SSSR count). The highest BCUT2D eigenvalue weighted by Gasteiger charge is 2.26. The fraction of sp³-hybridized carbons (Fsp3) is 0.368. The Morgan fingerprint density at radius 2 is 1.96 bits per heavy atom. The van der Waals surface area contributed by atoms with Gasteiger partial charge in [0, 0.05) is 19.2 Å². The summed E-state index contributed by atoms with van der Waals surface area (Å²) in [4.78, 5) is 30.6. The van der Waals surface area contributed by atoms with Crippen LogP contribution < -0.4 is 16.3 Å².